The van der Waals surface area contributed by atoms with Gasteiger partial charge in [0.1, 0.15) is 18.8 Å². The average Bonchev–Trinajstić information content (AvgIpc) is 2.70. The van der Waals surface area contributed by atoms with Crippen molar-refractivity contribution in [3.05, 3.63) is 23.8 Å². The zero-order chi connectivity index (χ0) is 23.5. The van der Waals surface area contributed by atoms with Crippen LogP contribution in [0.5, 0.6) is 11.5 Å². The number of Topliss-reactive ketones (excluding diaryl/α,β-unsaturated/α-hetero) is 1. The fourth-order valence-corrected chi connectivity index (χ4v) is 4.08. The number of nitrogens with zero attached hydrogens (tertiary/aromatic N) is 1. The molecule has 1 amide bonds. The lowest BCUT2D eigenvalue weighted by molar-refractivity contribution is -0.172. The molecular formula is C23H30F3NO5. The summed E-state index contributed by atoms with van der Waals surface area (Å²) in [6.45, 7) is 6.57. The molecule has 1 fully saturated rings. The molecule has 0 bridgehead atoms. The minimum atomic E-state index is -4.79. The van der Waals surface area contributed by atoms with E-state index in [9.17, 15) is 22.8 Å². The van der Waals surface area contributed by atoms with Gasteiger partial charge in [0, 0.05) is 19.0 Å². The SMILES string of the molecule is CC(C)(C)OC(=O)N(Cc1ccc2c(c1)OCCO2)C1CCC(CC(=O)C(F)(F)F)CC1. The molecule has 0 saturated heterocycles. The quantitative estimate of drug-likeness (QED) is 0.602. The van der Waals surface area contributed by atoms with Crippen LogP contribution in [-0.4, -0.2) is 47.8 Å². The van der Waals surface area contributed by atoms with Crippen molar-refractivity contribution in [2.45, 2.75) is 77.2 Å². The molecule has 1 aromatic carbocycles. The van der Waals surface area contributed by atoms with Crippen LogP contribution in [0.4, 0.5) is 18.0 Å². The summed E-state index contributed by atoms with van der Waals surface area (Å²) in [5, 5.41) is 0. The van der Waals surface area contributed by atoms with Gasteiger partial charge in [0.25, 0.3) is 0 Å². The van der Waals surface area contributed by atoms with Gasteiger partial charge in [-0.25, -0.2) is 4.79 Å². The summed E-state index contributed by atoms with van der Waals surface area (Å²) in [7, 11) is 0. The van der Waals surface area contributed by atoms with Crippen molar-refractivity contribution in [1.82, 2.24) is 4.90 Å². The predicted molar refractivity (Wildman–Crippen MR) is 111 cm³/mol. The van der Waals surface area contributed by atoms with E-state index < -0.39 is 30.1 Å². The number of hydrogen-bond donors (Lipinski definition) is 0. The van der Waals surface area contributed by atoms with E-state index in [1.807, 2.05) is 12.1 Å². The number of alkyl halides is 3. The first kappa shape index (κ1) is 24.2. The maximum atomic E-state index is 13.0. The lowest BCUT2D eigenvalue weighted by Gasteiger charge is -2.37. The lowest BCUT2D eigenvalue weighted by Crippen LogP contribution is -2.44. The number of benzene rings is 1. The number of fused-ring (bicyclic) bond motifs is 1. The average molecular weight is 457 g/mol. The molecule has 1 saturated carbocycles. The molecule has 1 aliphatic carbocycles. The zero-order valence-corrected chi connectivity index (χ0v) is 18.7. The molecule has 0 aromatic heterocycles. The van der Waals surface area contributed by atoms with Crippen LogP contribution in [0.1, 0.15) is 58.4 Å². The predicted octanol–water partition coefficient (Wildman–Crippen LogP) is 5.28. The Hall–Kier alpha value is -2.45. The third-order valence-corrected chi connectivity index (χ3v) is 5.63. The van der Waals surface area contributed by atoms with Crippen LogP contribution in [0.15, 0.2) is 18.2 Å². The maximum absolute atomic E-state index is 13.0. The first-order chi connectivity index (χ1) is 14.9. The third-order valence-electron chi connectivity index (χ3n) is 5.63. The number of ketones is 1. The lowest BCUT2D eigenvalue weighted by atomic mass is 9.82. The molecule has 2 aliphatic rings. The van der Waals surface area contributed by atoms with Gasteiger partial charge in [-0.3, -0.25) is 4.79 Å². The Labute approximate surface area is 186 Å². The molecule has 6 nitrogen and oxygen atoms in total. The van der Waals surface area contributed by atoms with E-state index in [1.165, 1.54) is 0 Å². The number of carbonyl (C=O) groups excluding carboxylic acids is 2. The van der Waals surface area contributed by atoms with E-state index in [2.05, 4.69) is 0 Å². The fourth-order valence-electron chi connectivity index (χ4n) is 4.08. The molecule has 0 radical (unpaired) electrons. The van der Waals surface area contributed by atoms with Gasteiger partial charge in [0.05, 0.1) is 0 Å². The molecule has 9 heteroatoms. The standard InChI is InChI=1S/C23H30F3NO5/c1-22(2,3)32-21(29)27(14-16-6-9-18-19(12-16)31-11-10-30-18)17-7-4-15(5-8-17)13-20(28)23(24,25)26/h6,9,12,15,17H,4-5,7-8,10-11,13-14H2,1-3H3. The van der Waals surface area contributed by atoms with Crippen molar-refractivity contribution in [2.24, 2.45) is 5.92 Å². The molecule has 32 heavy (non-hydrogen) atoms. The van der Waals surface area contributed by atoms with E-state index in [-0.39, 0.29) is 18.5 Å². The summed E-state index contributed by atoms with van der Waals surface area (Å²) in [5.74, 6) is -0.734. The van der Waals surface area contributed by atoms with Gasteiger partial charge in [-0.1, -0.05) is 6.07 Å². The Kier molecular flexibility index (Phi) is 7.25. The van der Waals surface area contributed by atoms with Crippen LogP contribution < -0.4 is 9.47 Å². The highest BCUT2D eigenvalue weighted by atomic mass is 19.4. The van der Waals surface area contributed by atoms with Crippen molar-refractivity contribution in [1.29, 1.82) is 0 Å². The molecule has 0 unspecified atom stereocenters. The second-order valence-electron chi connectivity index (χ2n) is 9.39. The Morgan fingerprint density at radius 1 is 1.03 bits per heavy atom. The largest absolute Gasteiger partial charge is 0.486 e. The number of hydrogen-bond acceptors (Lipinski definition) is 5. The van der Waals surface area contributed by atoms with E-state index in [0.29, 0.717) is 50.4 Å². The summed E-state index contributed by atoms with van der Waals surface area (Å²) in [4.78, 5) is 26.0. The summed E-state index contributed by atoms with van der Waals surface area (Å²) in [5.41, 5.74) is 0.160. The van der Waals surface area contributed by atoms with Gasteiger partial charge >= 0.3 is 12.3 Å². The summed E-state index contributed by atoms with van der Waals surface area (Å²) in [6.07, 6.45) is -3.83. The van der Waals surface area contributed by atoms with Crippen LogP contribution in [0.2, 0.25) is 0 Å². The van der Waals surface area contributed by atoms with Crippen molar-refractivity contribution in [3.8, 4) is 11.5 Å². The smallest absolute Gasteiger partial charge is 0.449 e. The molecule has 0 N–H and O–H groups in total. The highest BCUT2D eigenvalue weighted by Crippen LogP contribution is 2.35. The van der Waals surface area contributed by atoms with E-state index in [0.717, 1.165) is 5.56 Å². The first-order valence-corrected chi connectivity index (χ1v) is 10.9. The summed E-state index contributed by atoms with van der Waals surface area (Å²) in [6, 6.07) is 5.31. The van der Waals surface area contributed by atoms with Crippen LogP contribution in [0.25, 0.3) is 0 Å². The van der Waals surface area contributed by atoms with Crippen LogP contribution in [-0.2, 0) is 16.1 Å². The third kappa shape index (κ3) is 6.53. The number of carbonyl (C=O) groups is 2. The molecule has 1 heterocycles. The fraction of sp³-hybridized carbons (Fsp3) is 0.652. The molecule has 0 spiro atoms. The molecule has 1 aromatic rings. The number of amides is 1. The van der Waals surface area contributed by atoms with Gasteiger partial charge in [-0.15, -0.1) is 0 Å². The van der Waals surface area contributed by atoms with E-state index in [1.54, 1.807) is 31.7 Å². The van der Waals surface area contributed by atoms with E-state index in [4.69, 9.17) is 14.2 Å². The van der Waals surface area contributed by atoms with Gasteiger partial charge in [-0.05, 0) is 70.1 Å². The molecule has 178 valence electrons. The highest BCUT2D eigenvalue weighted by Gasteiger charge is 2.40. The number of rotatable bonds is 5. The topological polar surface area (TPSA) is 65.1 Å². The molecule has 0 atom stereocenters. The van der Waals surface area contributed by atoms with Gasteiger partial charge < -0.3 is 19.1 Å². The van der Waals surface area contributed by atoms with Crippen molar-refractivity contribution in [3.63, 3.8) is 0 Å². The first-order valence-electron chi connectivity index (χ1n) is 10.9. The number of ether oxygens (including phenoxy) is 3. The van der Waals surface area contributed by atoms with Gasteiger partial charge in [0.15, 0.2) is 11.5 Å². The van der Waals surface area contributed by atoms with Gasteiger partial charge in [0.2, 0.25) is 5.78 Å². The normalized spacial score (nSPS) is 21.1. The van der Waals surface area contributed by atoms with E-state index >= 15 is 0 Å². The Morgan fingerprint density at radius 2 is 1.66 bits per heavy atom. The Morgan fingerprint density at radius 3 is 2.25 bits per heavy atom. The Balaban J connectivity index is 1.70. The van der Waals surface area contributed by atoms with Crippen LogP contribution >= 0.6 is 0 Å². The highest BCUT2D eigenvalue weighted by molar-refractivity contribution is 5.84. The van der Waals surface area contributed by atoms with Crippen molar-refractivity contribution < 1.29 is 37.0 Å². The number of halogens is 3. The summed E-state index contributed by atoms with van der Waals surface area (Å²) < 4.78 is 54.6. The van der Waals surface area contributed by atoms with Crippen molar-refractivity contribution >= 4 is 11.9 Å². The summed E-state index contributed by atoms with van der Waals surface area (Å²) >= 11 is 0. The minimum Gasteiger partial charge on any atom is -0.486 e. The maximum Gasteiger partial charge on any atom is 0.449 e. The minimum absolute atomic E-state index is 0.185. The van der Waals surface area contributed by atoms with Crippen LogP contribution in [0.3, 0.4) is 0 Å². The zero-order valence-electron chi connectivity index (χ0n) is 18.7. The molecule has 3 rings (SSSR count). The van der Waals surface area contributed by atoms with Crippen molar-refractivity contribution in [2.75, 3.05) is 13.2 Å². The molecular weight excluding hydrogens is 427 g/mol. The van der Waals surface area contributed by atoms with Crippen LogP contribution in [0, 0.1) is 5.92 Å². The van der Waals surface area contributed by atoms with Gasteiger partial charge in [-0.2, -0.15) is 13.2 Å². The Bertz CT molecular complexity index is 826. The second-order valence-corrected chi connectivity index (χ2v) is 9.39. The molecule has 1 aliphatic heterocycles. The monoisotopic (exact) mass is 457 g/mol. The second kappa shape index (κ2) is 9.58.